The molecule has 108 valence electrons. The molecular weight excluding hydrogens is 254 g/mol. The number of amides is 1. The fourth-order valence-electron chi connectivity index (χ4n) is 2.43. The first-order chi connectivity index (χ1) is 9.49. The lowest BCUT2D eigenvalue weighted by Gasteiger charge is -2.38. The fourth-order valence-corrected chi connectivity index (χ4v) is 2.43. The number of oxime groups is 1. The molecule has 1 aliphatic carbocycles. The van der Waals surface area contributed by atoms with Gasteiger partial charge in [0.1, 0.15) is 5.41 Å². The van der Waals surface area contributed by atoms with E-state index in [1.165, 1.54) is 5.56 Å². The maximum absolute atomic E-state index is 12.4. The lowest BCUT2D eigenvalue weighted by Crippen LogP contribution is -2.51. The van der Waals surface area contributed by atoms with Gasteiger partial charge in [0.05, 0.1) is 0 Å². The predicted molar refractivity (Wildman–Crippen MR) is 78.9 cm³/mol. The molecule has 20 heavy (non-hydrogen) atoms. The minimum absolute atomic E-state index is 0.0000468. The Morgan fingerprint density at radius 3 is 2.35 bits per heavy atom. The van der Waals surface area contributed by atoms with Crippen LogP contribution in [0, 0.1) is 5.41 Å². The van der Waals surface area contributed by atoms with Gasteiger partial charge in [-0.25, -0.2) is 0 Å². The molecule has 0 heterocycles. The molecule has 1 aliphatic rings. The van der Waals surface area contributed by atoms with Gasteiger partial charge in [-0.05, 0) is 36.5 Å². The van der Waals surface area contributed by atoms with Crippen LogP contribution in [-0.4, -0.2) is 17.0 Å². The first kappa shape index (κ1) is 14.4. The Hall–Kier alpha value is -2.04. The zero-order chi connectivity index (χ0) is 14.8. The van der Waals surface area contributed by atoms with Crippen molar-refractivity contribution in [1.82, 2.24) is 0 Å². The second-order valence-electron chi connectivity index (χ2n) is 5.65. The zero-order valence-corrected chi connectivity index (χ0v) is 11.9. The van der Waals surface area contributed by atoms with Crippen molar-refractivity contribution in [2.75, 3.05) is 5.32 Å². The summed E-state index contributed by atoms with van der Waals surface area (Å²) in [6, 6.07) is 7.76. The molecule has 1 saturated carbocycles. The van der Waals surface area contributed by atoms with E-state index in [1.54, 1.807) is 0 Å². The Morgan fingerprint density at radius 2 is 1.95 bits per heavy atom. The lowest BCUT2D eigenvalue weighted by molar-refractivity contribution is -0.125. The molecule has 4 N–H and O–H groups in total. The second kappa shape index (κ2) is 5.53. The minimum atomic E-state index is -0.842. The van der Waals surface area contributed by atoms with E-state index in [4.69, 9.17) is 10.9 Å². The number of rotatable bonds is 4. The zero-order valence-electron chi connectivity index (χ0n) is 11.9. The molecule has 0 saturated heterocycles. The number of carbonyl (C=O) groups is 1. The monoisotopic (exact) mass is 275 g/mol. The maximum atomic E-state index is 12.4. The van der Waals surface area contributed by atoms with Crippen molar-refractivity contribution in [3.8, 4) is 0 Å². The summed E-state index contributed by atoms with van der Waals surface area (Å²) in [5.41, 5.74) is 6.78. The van der Waals surface area contributed by atoms with Crippen LogP contribution in [0.25, 0.3) is 0 Å². The summed E-state index contributed by atoms with van der Waals surface area (Å²) in [6.07, 6.45) is 2.16. The van der Waals surface area contributed by atoms with Gasteiger partial charge in [0.15, 0.2) is 5.84 Å². The molecule has 0 atom stereocenters. The van der Waals surface area contributed by atoms with E-state index in [0.717, 1.165) is 12.1 Å². The highest BCUT2D eigenvalue weighted by atomic mass is 16.4. The van der Waals surface area contributed by atoms with E-state index in [2.05, 4.69) is 24.3 Å². The van der Waals surface area contributed by atoms with Crippen LogP contribution in [0.5, 0.6) is 0 Å². The Kier molecular flexibility index (Phi) is 3.97. The summed E-state index contributed by atoms with van der Waals surface area (Å²) < 4.78 is 0. The van der Waals surface area contributed by atoms with E-state index in [1.807, 2.05) is 24.3 Å². The Morgan fingerprint density at radius 1 is 1.35 bits per heavy atom. The van der Waals surface area contributed by atoms with Crippen molar-refractivity contribution in [1.29, 1.82) is 0 Å². The van der Waals surface area contributed by atoms with Gasteiger partial charge in [0, 0.05) is 5.69 Å². The average molecular weight is 275 g/mol. The number of nitrogens with two attached hydrogens (primary N) is 1. The molecule has 0 aliphatic heterocycles. The molecule has 1 fully saturated rings. The van der Waals surface area contributed by atoms with Crippen molar-refractivity contribution in [3.05, 3.63) is 29.8 Å². The molecule has 5 nitrogen and oxygen atoms in total. The first-order valence-corrected chi connectivity index (χ1v) is 6.89. The van der Waals surface area contributed by atoms with Crippen LogP contribution in [0.15, 0.2) is 29.4 Å². The number of hydrogen-bond acceptors (Lipinski definition) is 3. The first-order valence-electron chi connectivity index (χ1n) is 6.89. The molecule has 0 aromatic heterocycles. The summed E-state index contributed by atoms with van der Waals surface area (Å²) >= 11 is 0. The highest BCUT2D eigenvalue weighted by Crippen LogP contribution is 2.42. The number of nitrogens with one attached hydrogen (secondary N) is 1. The summed E-state index contributed by atoms with van der Waals surface area (Å²) in [5.74, 6) is 0.256. The molecule has 0 radical (unpaired) electrons. The number of benzene rings is 1. The number of amidine groups is 1. The van der Waals surface area contributed by atoms with Gasteiger partial charge in [0.2, 0.25) is 5.91 Å². The molecule has 0 unspecified atom stereocenters. The van der Waals surface area contributed by atoms with E-state index in [9.17, 15) is 4.79 Å². The van der Waals surface area contributed by atoms with Gasteiger partial charge in [0.25, 0.3) is 0 Å². The third-order valence-electron chi connectivity index (χ3n) is 4.08. The van der Waals surface area contributed by atoms with E-state index >= 15 is 0 Å². The molecule has 5 heteroatoms. The maximum Gasteiger partial charge on any atom is 0.238 e. The predicted octanol–water partition coefficient (Wildman–Crippen LogP) is 2.67. The normalized spacial score (nSPS) is 17.6. The van der Waals surface area contributed by atoms with Crippen molar-refractivity contribution < 1.29 is 10.0 Å². The number of hydrogen-bond donors (Lipinski definition) is 3. The molecule has 1 aromatic carbocycles. The van der Waals surface area contributed by atoms with Crippen LogP contribution in [0.4, 0.5) is 5.69 Å². The Labute approximate surface area is 118 Å². The van der Waals surface area contributed by atoms with Crippen LogP contribution >= 0.6 is 0 Å². The fraction of sp³-hybridized carbons (Fsp3) is 0.467. The molecule has 0 bridgehead atoms. The van der Waals surface area contributed by atoms with Crippen LogP contribution in [0.1, 0.15) is 44.6 Å². The van der Waals surface area contributed by atoms with Crippen molar-refractivity contribution in [2.45, 2.75) is 39.0 Å². The summed E-state index contributed by atoms with van der Waals surface area (Å²) in [6.45, 7) is 4.24. The molecule has 1 amide bonds. The van der Waals surface area contributed by atoms with Crippen molar-refractivity contribution in [3.63, 3.8) is 0 Å². The van der Waals surface area contributed by atoms with E-state index < -0.39 is 5.41 Å². The molecular formula is C15H21N3O2. The van der Waals surface area contributed by atoms with Gasteiger partial charge in [-0.3, -0.25) is 4.79 Å². The smallest absolute Gasteiger partial charge is 0.238 e. The quantitative estimate of drug-likeness (QED) is 0.341. The second-order valence-corrected chi connectivity index (χ2v) is 5.65. The summed E-state index contributed by atoms with van der Waals surface area (Å²) in [4.78, 5) is 12.4. The van der Waals surface area contributed by atoms with E-state index in [-0.39, 0.29) is 11.7 Å². The van der Waals surface area contributed by atoms with Gasteiger partial charge in [-0.15, -0.1) is 0 Å². The summed E-state index contributed by atoms with van der Waals surface area (Å²) in [7, 11) is 0. The third-order valence-corrected chi connectivity index (χ3v) is 4.08. The minimum Gasteiger partial charge on any atom is -0.409 e. The summed E-state index contributed by atoms with van der Waals surface area (Å²) in [5, 5.41) is 14.7. The number of nitrogens with zero attached hydrogens (tertiary/aromatic N) is 1. The number of carbonyl (C=O) groups excluding carboxylic acids is 1. The highest BCUT2D eigenvalue weighted by molar-refractivity contribution is 6.12. The van der Waals surface area contributed by atoms with Crippen molar-refractivity contribution >= 4 is 17.4 Å². The average Bonchev–Trinajstić information content (AvgIpc) is 2.37. The highest BCUT2D eigenvalue weighted by Gasteiger charge is 2.48. The van der Waals surface area contributed by atoms with Gasteiger partial charge in [-0.2, -0.15) is 0 Å². The van der Waals surface area contributed by atoms with Crippen LogP contribution < -0.4 is 11.1 Å². The van der Waals surface area contributed by atoms with Gasteiger partial charge < -0.3 is 16.3 Å². The molecule has 1 aromatic rings. The SMILES string of the molecule is CC(C)c1ccc(NC(=O)C2(/C(N)=N/O)CCC2)cc1. The molecule has 0 spiro atoms. The largest absolute Gasteiger partial charge is 0.409 e. The van der Waals surface area contributed by atoms with Gasteiger partial charge in [-0.1, -0.05) is 37.6 Å². The Balaban J connectivity index is 2.11. The van der Waals surface area contributed by atoms with Crippen LogP contribution in [0.2, 0.25) is 0 Å². The van der Waals surface area contributed by atoms with E-state index in [0.29, 0.717) is 18.8 Å². The number of anilines is 1. The topological polar surface area (TPSA) is 87.7 Å². The lowest BCUT2D eigenvalue weighted by atomic mass is 9.67. The van der Waals surface area contributed by atoms with Crippen LogP contribution in [-0.2, 0) is 4.79 Å². The Bertz CT molecular complexity index is 516. The van der Waals surface area contributed by atoms with Crippen molar-refractivity contribution in [2.24, 2.45) is 16.3 Å². The standard InChI is InChI=1S/C15H21N3O2/c1-10(2)11-4-6-12(7-5-11)17-14(19)15(8-3-9-15)13(16)18-20/h4-7,10,20H,3,8-9H2,1-2H3,(H2,16,18)(H,17,19). The molecule has 2 rings (SSSR count). The third kappa shape index (κ3) is 2.48. The van der Waals surface area contributed by atoms with Crippen LogP contribution in [0.3, 0.4) is 0 Å². The van der Waals surface area contributed by atoms with Gasteiger partial charge >= 0.3 is 0 Å².